The zero-order chi connectivity index (χ0) is 14.5. The van der Waals surface area contributed by atoms with E-state index in [0.29, 0.717) is 12.3 Å². The summed E-state index contributed by atoms with van der Waals surface area (Å²) in [7, 11) is 0. The summed E-state index contributed by atoms with van der Waals surface area (Å²) in [6.07, 6.45) is 1.50. The minimum Gasteiger partial charge on any atom is -0.205 e. The molecule has 0 aromatic heterocycles. The summed E-state index contributed by atoms with van der Waals surface area (Å²) < 4.78 is 14.5. The lowest BCUT2D eigenvalue weighted by Gasteiger charge is -2.16. The minimum atomic E-state index is -0.376. The molecule has 106 valence electrons. The van der Waals surface area contributed by atoms with Gasteiger partial charge in [0.2, 0.25) is 0 Å². The number of rotatable bonds is 5. The molecule has 0 aliphatic carbocycles. The van der Waals surface area contributed by atoms with Crippen LogP contribution in [0.1, 0.15) is 11.1 Å². The summed E-state index contributed by atoms with van der Waals surface area (Å²) in [6, 6.07) is 13.0. The van der Waals surface area contributed by atoms with Gasteiger partial charge in [-0.3, -0.25) is 0 Å². The molecule has 0 N–H and O–H groups in total. The first-order valence-electron chi connectivity index (χ1n) is 6.34. The van der Waals surface area contributed by atoms with E-state index in [1.54, 1.807) is 6.07 Å². The zero-order valence-electron chi connectivity index (χ0n) is 10.8. The zero-order valence-corrected chi connectivity index (χ0v) is 13.8. The van der Waals surface area contributed by atoms with Crippen LogP contribution in [0.5, 0.6) is 0 Å². The largest absolute Gasteiger partial charge is 0.205 e. The molecule has 0 aliphatic heterocycles. The quantitative estimate of drug-likeness (QED) is 0.572. The molecule has 1 atom stereocenters. The minimum absolute atomic E-state index is 0.203. The maximum atomic E-state index is 13.5. The van der Waals surface area contributed by atoms with Crippen LogP contribution in [0.3, 0.4) is 0 Å². The van der Waals surface area contributed by atoms with Crippen LogP contribution in [0, 0.1) is 11.7 Å². The number of halogens is 4. The van der Waals surface area contributed by atoms with Gasteiger partial charge in [0.1, 0.15) is 5.82 Å². The number of benzene rings is 2. The van der Waals surface area contributed by atoms with Crippen LogP contribution in [0.25, 0.3) is 0 Å². The van der Waals surface area contributed by atoms with E-state index in [0.717, 1.165) is 16.5 Å². The van der Waals surface area contributed by atoms with Gasteiger partial charge in [0, 0.05) is 10.4 Å². The monoisotopic (exact) mass is 374 g/mol. The fraction of sp³-hybridized carbons (Fsp3) is 0.250. The summed E-state index contributed by atoms with van der Waals surface area (Å²) in [5.41, 5.74) is 2.01. The SMILES string of the molecule is Fc1cccc(CC(CCl)Cc2ccccc2Br)c1Cl. The molecule has 0 saturated heterocycles. The van der Waals surface area contributed by atoms with E-state index in [-0.39, 0.29) is 16.8 Å². The molecule has 0 nitrogen and oxygen atoms in total. The van der Waals surface area contributed by atoms with Crippen molar-refractivity contribution >= 4 is 39.1 Å². The standard InChI is InChI=1S/C16H14BrCl2F/c17-14-6-2-1-4-12(14)8-11(10-18)9-13-5-3-7-15(20)16(13)19/h1-7,11H,8-10H2. The highest BCUT2D eigenvalue weighted by atomic mass is 79.9. The molecular formula is C16H14BrCl2F. The molecule has 0 radical (unpaired) electrons. The van der Waals surface area contributed by atoms with Crippen molar-refractivity contribution in [3.8, 4) is 0 Å². The molecule has 1 unspecified atom stereocenters. The second-order valence-electron chi connectivity index (χ2n) is 4.73. The van der Waals surface area contributed by atoms with Crippen molar-refractivity contribution in [3.05, 3.63) is 68.9 Å². The van der Waals surface area contributed by atoms with E-state index < -0.39 is 0 Å². The first-order chi connectivity index (χ1) is 9.61. The summed E-state index contributed by atoms with van der Waals surface area (Å²) in [5.74, 6) is 0.349. The maximum absolute atomic E-state index is 13.5. The molecule has 2 rings (SSSR count). The Morgan fingerprint density at radius 2 is 1.65 bits per heavy atom. The first-order valence-corrected chi connectivity index (χ1v) is 8.04. The van der Waals surface area contributed by atoms with Gasteiger partial charge in [-0.05, 0) is 42.0 Å². The van der Waals surface area contributed by atoms with Gasteiger partial charge in [0.05, 0.1) is 5.02 Å². The summed E-state index contributed by atoms with van der Waals surface area (Å²) in [4.78, 5) is 0. The smallest absolute Gasteiger partial charge is 0.142 e. The van der Waals surface area contributed by atoms with Gasteiger partial charge in [-0.2, -0.15) is 0 Å². The van der Waals surface area contributed by atoms with Crippen molar-refractivity contribution in [1.82, 2.24) is 0 Å². The van der Waals surface area contributed by atoms with Crippen LogP contribution in [0.15, 0.2) is 46.9 Å². The Balaban J connectivity index is 2.14. The second kappa shape index (κ2) is 7.44. The summed E-state index contributed by atoms with van der Waals surface area (Å²) in [6.45, 7) is 0. The number of alkyl halides is 1. The second-order valence-corrected chi connectivity index (χ2v) is 6.27. The van der Waals surface area contributed by atoms with Crippen molar-refractivity contribution in [3.63, 3.8) is 0 Å². The predicted molar refractivity (Wildman–Crippen MR) is 87.2 cm³/mol. The molecule has 2 aromatic rings. The van der Waals surface area contributed by atoms with Gasteiger partial charge in [0.25, 0.3) is 0 Å². The van der Waals surface area contributed by atoms with Crippen molar-refractivity contribution in [2.45, 2.75) is 12.8 Å². The van der Waals surface area contributed by atoms with E-state index in [2.05, 4.69) is 22.0 Å². The average molecular weight is 376 g/mol. The van der Waals surface area contributed by atoms with Crippen molar-refractivity contribution in [1.29, 1.82) is 0 Å². The fourth-order valence-corrected chi connectivity index (χ4v) is 3.04. The molecule has 4 heteroatoms. The van der Waals surface area contributed by atoms with E-state index in [9.17, 15) is 4.39 Å². The van der Waals surface area contributed by atoms with Gasteiger partial charge in [0.15, 0.2) is 0 Å². The molecule has 0 fully saturated rings. The molecule has 0 saturated carbocycles. The highest BCUT2D eigenvalue weighted by Crippen LogP contribution is 2.26. The molecule has 20 heavy (non-hydrogen) atoms. The Morgan fingerprint density at radius 1 is 1.00 bits per heavy atom. The third-order valence-corrected chi connectivity index (χ3v) is 4.86. The first kappa shape index (κ1) is 15.8. The third kappa shape index (κ3) is 3.97. The Labute approximate surface area is 137 Å². The summed E-state index contributed by atoms with van der Waals surface area (Å²) >= 11 is 15.6. The number of hydrogen-bond donors (Lipinski definition) is 0. The van der Waals surface area contributed by atoms with E-state index in [1.165, 1.54) is 11.6 Å². The Morgan fingerprint density at radius 3 is 2.35 bits per heavy atom. The van der Waals surface area contributed by atoms with Gasteiger partial charge in [-0.15, -0.1) is 11.6 Å². The van der Waals surface area contributed by atoms with Gasteiger partial charge < -0.3 is 0 Å². The van der Waals surface area contributed by atoms with Crippen LogP contribution < -0.4 is 0 Å². The van der Waals surface area contributed by atoms with E-state index in [1.807, 2.05) is 24.3 Å². The van der Waals surface area contributed by atoms with Crippen LogP contribution in [-0.4, -0.2) is 5.88 Å². The number of hydrogen-bond acceptors (Lipinski definition) is 0. The molecule has 0 aliphatic rings. The predicted octanol–water partition coefficient (Wildman–Crippen LogP) is 5.88. The third-order valence-electron chi connectivity index (χ3n) is 3.22. The fourth-order valence-electron chi connectivity index (χ4n) is 2.17. The van der Waals surface area contributed by atoms with Crippen LogP contribution in [-0.2, 0) is 12.8 Å². The van der Waals surface area contributed by atoms with Crippen molar-refractivity contribution in [2.24, 2.45) is 5.92 Å². The molecule has 0 heterocycles. The van der Waals surface area contributed by atoms with E-state index in [4.69, 9.17) is 23.2 Å². The van der Waals surface area contributed by atoms with Crippen molar-refractivity contribution < 1.29 is 4.39 Å². The lowest BCUT2D eigenvalue weighted by Crippen LogP contribution is -2.11. The van der Waals surface area contributed by atoms with Crippen molar-refractivity contribution in [2.75, 3.05) is 5.88 Å². The lowest BCUT2D eigenvalue weighted by atomic mass is 9.94. The topological polar surface area (TPSA) is 0 Å². The van der Waals surface area contributed by atoms with Gasteiger partial charge >= 0.3 is 0 Å². The van der Waals surface area contributed by atoms with E-state index >= 15 is 0 Å². The average Bonchev–Trinajstić information content (AvgIpc) is 2.45. The molecule has 0 spiro atoms. The molecule has 0 amide bonds. The van der Waals surface area contributed by atoms with Crippen LogP contribution >= 0.6 is 39.1 Å². The Bertz CT molecular complexity index is 586. The maximum Gasteiger partial charge on any atom is 0.142 e. The van der Waals surface area contributed by atoms with Crippen LogP contribution in [0.2, 0.25) is 5.02 Å². The van der Waals surface area contributed by atoms with Gasteiger partial charge in [-0.25, -0.2) is 4.39 Å². The Hall–Kier alpha value is -0.570. The van der Waals surface area contributed by atoms with Gasteiger partial charge in [-0.1, -0.05) is 57.9 Å². The van der Waals surface area contributed by atoms with Crippen LogP contribution in [0.4, 0.5) is 4.39 Å². The summed E-state index contributed by atoms with van der Waals surface area (Å²) in [5, 5.41) is 0.203. The highest BCUT2D eigenvalue weighted by molar-refractivity contribution is 9.10. The lowest BCUT2D eigenvalue weighted by molar-refractivity contribution is 0.576. The highest BCUT2D eigenvalue weighted by Gasteiger charge is 2.14. The molecule has 0 bridgehead atoms. The molecule has 2 aromatic carbocycles. The normalized spacial score (nSPS) is 12.4. The Kier molecular flexibility index (Phi) is 5.88. The molecular weight excluding hydrogens is 362 g/mol.